The molecule has 0 radical (unpaired) electrons. The van der Waals surface area contributed by atoms with Crippen LogP contribution in [0.2, 0.25) is 5.02 Å². The van der Waals surface area contributed by atoms with Crippen molar-refractivity contribution in [3.63, 3.8) is 0 Å². The Hall–Kier alpha value is -0.970. The predicted octanol–water partition coefficient (Wildman–Crippen LogP) is 5.08. The van der Waals surface area contributed by atoms with Crippen LogP contribution in [0.15, 0.2) is 40.9 Å². The molecule has 0 aliphatic carbocycles. The van der Waals surface area contributed by atoms with E-state index in [0.29, 0.717) is 22.1 Å². The topological polar surface area (TPSA) is 12.0 Å². The normalized spacial score (nSPS) is 12.4. The van der Waals surface area contributed by atoms with Gasteiger partial charge in [0.1, 0.15) is 11.6 Å². The molecule has 20 heavy (non-hydrogen) atoms. The van der Waals surface area contributed by atoms with Crippen LogP contribution < -0.4 is 5.32 Å². The van der Waals surface area contributed by atoms with Crippen molar-refractivity contribution in [1.82, 2.24) is 5.32 Å². The van der Waals surface area contributed by atoms with Crippen LogP contribution in [0.25, 0.3) is 0 Å². The molecule has 0 amide bonds. The smallest absolute Gasteiger partial charge is 0.142 e. The molecule has 1 nitrogen and oxygen atoms in total. The maximum atomic E-state index is 14.3. The van der Waals surface area contributed by atoms with Gasteiger partial charge in [-0.3, -0.25) is 0 Å². The largest absolute Gasteiger partial charge is 0.306 e. The molecule has 0 aromatic heterocycles. The van der Waals surface area contributed by atoms with Gasteiger partial charge in [-0.15, -0.1) is 0 Å². The van der Waals surface area contributed by atoms with Crippen LogP contribution in [-0.2, 0) is 0 Å². The second-order valence-corrected chi connectivity index (χ2v) is 5.51. The van der Waals surface area contributed by atoms with E-state index in [9.17, 15) is 8.78 Å². The van der Waals surface area contributed by atoms with Crippen molar-refractivity contribution in [3.8, 4) is 0 Å². The lowest BCUT2D eigenvalue weighted by Crippen LogP contribution is -2.23. The van der Waals surface area contributed by atoms with Gasteiger partial charge in [0.05, 0.1) is 15.5 Å². The van der Waals surface area contributed by atoms with Gasteiger partial charge in [-0.2, -0.15) is 0 Å². The van der Waals surface area contributed by atoms with Crippen LogP contribution in [0.1, 0.15) is 24.1 Å². The summed E-state index contributed by atoms with van der Waals surface area (Å²) in [4.78, 5) is 0. The number of nitrogens with one attached hydrogen (secondary N) is 1. The minimum atomic E-state index is -0.512. The van der Waals surface area contributed by atoms with E-state index >= 15 is 0 Å². The van der Waals surface area contributed by atoms with E-state index in [0.717, 1.165) is 0 Å². The van der Waals surface area contributed by atoms with Crippen molar-refractivity contribution in [1.29, 1.82) is 0 Å². The molecule has 0 aliphatic heterocycles. The molecule has 0 saturated heterocycles. The van der Waals surface area contributed by atoms with Crippen LogP contribution in [0, 0.1) is 11.6 Å². The summed E-state index contributed by atoms with van der Waals surface area (Å²) in [5, 5.41) is 3.15. The fraction of sp³-hybridized carbons (Fsp3) is 0.200. The molecule has 0 saturated carbocycles. The van der Waals surface area contributed by atoms with Crippen LogP contribution in [-0.4, -0.2) is 6.54 Å². The Bertz CT molecular complexity index is 567. The third-order valence-electron chi connectivity index (χ3n) is 2.99. The van der Waals surface area contributed by atoms with Gasteiger partial charge in [-0.1, -0.05) is 42.8 Å². The second kappa shape index (κ2) is 6.66. The molecule has 5 heteroatoms. The molecule has 2 rings (SSSR count). The van der Waals surface area contributed by atoms with Gasteiger partial charge in [0.15, 0.2) is 0 Å². The zero-order valence-electron chi connectivity index (χ0n) is 10.8. The van der Waals surface area contributed by atoms with E-state index in [4.69, 9.17) is 11.6 Å². The molecular formula is C15H13BrClF2N. The first-order valence-corrected chi connectivity index (χ1v) is 7.34. The molecule has 0 spiro atoms. The lowest BCUT2D eigenvalue weighted by molar-refractivity contribution is 0.551. The van der Waals surface area contributed by atoms with Gasteiger partial charge in [-0.25, -0.2) is 8.78 Å². The van der Waals surface area contributed by atoms with Crippen molar-refractivity contribution in [2.75, 3.05) is 6.54 Å². The lowest BCUT2D eigenvalue weighted by atomic mass is 9.98. The first-order chi connectivity index (χ1) is 9.56. The van der Waals surface area contributed by atoms with E-state index < -0.39 is 11.9 Å². The van der Waals surface area contributed by atoms with E-state index in [2.05, 4.69) is 21.2 Å². The molecular weight excluding hydrogens is 348 g/mol. The van der Waals surface area contributed by atoms with Crippen molar-refractivity contribution in [3.05, 3.63) is 68.7 Å². The highest BCUT2D eigenvalue weighted by Crippen LogP contribution is 2.33. The number of benzene rings is 2. The molecule has 106 valence electrons. The second-order valence-electron chi connectivity index (χ2n) is 4.28. The monoisotopic (exact) mass is 359 g/mol. The Morgan fingerprint density at radius 1 is 1.15 bits per heavy atom. The van der Waals surface area contributed by atoms with Crippen molar-refractivity contribution < 1.29 is 8.78 Å². The van der Waals surface area contributed by atoms with Crippen molar-refractivity contribution >= 4 is 27.5 Å². The highest BCUT2D eigenvalue weighted by molar-refractivity contribution is 9.10. The van der Waals surface area contributed by atoms with Crippen LogP contribution >= 0.6 is 27.5 Å². The molecule has 0 fully saturated rings. The van der Waals surface area contributed by atoms with E-state index in [-0.39, 0.29) is 10.8 Å². The highest BCUT2D eigenvalue weighted by Gasteiger charge is 2.21. The van der Waals surface area contributed by atoms with E-state index in [1.54, 1.807) is 30.3 Å². The maximum Gasteiger partial charge on any atom is 0.142 e. The quantitative estimate of drug-likeness (QED) is 0.802. The van der Waals surface area contributed by atoms with Crippen molar-refractivity contribution in [2.45, 2.75) is 13.0 Å². The first kappa shape index (κ1) is 15.4. The third-order valence-corrected chi connectivity index (χ3v) is 4.00. The van der Waals surface area contributed by atoms with Crippen LogP contribution in [0.4, 0.5) is 8.78 Å². The number of hydrogen-bond donors (Lipinski definition) is 1. The Morgan fingerprint density at radius 3 is 2.50 bits per heavy atom. The minimum absolute atomic E-state index is 0.0119. The van der Waals surface area contributed by atoms with Gasteiger partial charge in [0, 0.05) is 5.56 Å². The minimum Gasteiger partial charge on any atom is -0.306 e. The molecule has 1 unspecified atom stereocenters. The SMILES string of the molecule is CCNC(c1cccc(Br)c1F)c1cccc(F)c1Cl. The number of hydrogen-bond acceptors (Lipinski definition) is 1. The zero-order valence-corrected chi connectivity index (χ0v) is 13.1. The summed E-state index contributed by atoms with van der Waals surface area (Å²) >= 11 is 9.18. The van der Waals surface area contributed by atoms with E-state index in [1.807, 2.05) is 6.92 Å². The molecule has 0 aliphatic rings. The van der Waals surface area contributed by atoms with E-state index in [1.165, 1.54) is 6.07 Å². The molecule has 0 heterocycles. The molecule has 1 N–H and O–H groups in total. The fourth-order valence-electron chi connectivity index (χ4n) is 2.08. The average molecular weight is 361 g/mol. The van der Waals surface area contributed by atoms with Gasteiger partial charge < -0.3 is 5.32 Å². The fourth-order valence-corrected chi connectivity index (χ4v) is 2.70. The molecule has 2 aromatic rings. The Balaban J connectivity index is 2.56. The van der Waals surface area contributed by atoms with Crippen molar-refractivity contribution in [2.24, 2.45) is 0 Å². The molecule has 1 atom stereocenters. The Morgan fingerprint density at radius 2 is 1.80 bits per heavy atom. The van der Waals surface area contributed by atoms with Gasteiger partial charge in [0.2, 0.25) is 0 Å². The first-order valence-electron chi connectivity index (χ1n) is 6.17. The van der Waals surface area contributed by atoms with Gasteiger partial charge in [0.25, 0.3) is 0 Å². The van der Waals surface area contributed by atoms with Gasteiger partial charge in [-0.05, 0) is 40.2 Å². The standard InChI is InChI=1S/C15H13BrClF2N/c1-2-20-15(9-5-4-8-12(18)13(9)17)10-6-3-7-11(16)14(10)19/h3-8,15,20H,2H2,1H3. The van der Waals surface area contributed by atoms with Gasteiger partial charge >= 0.3 is 0 Å². The zero-order chi connectivity index (χ0) is 14.7. The summed E-state index contributed by atoms with van der Waals surface area (Å²) in [7, 11) is 0. The van der Waals surface area contributed by atoms with Crippen LogP contribution in [0.5, 0.6) is 0 Å². The number of halogens is 4. The third kappa shape index (κ3) is 3.03. The summed E-state index contributed by atoms with van der Waals surface area (Å²) in [6.45, 7) is 2.50. The highest BCUT2D eigenvalue weighted by atomic mass is 79.9. The maximum absolute atomic E-state index is 14.3. The predicted molar refractivity (Wildman–Crippen MR) is 81.0 cm³/mol. The summed E-state index contributed by atoms with van der Waals surface area (Å²) in [5.41, 5.74) is 0.944. The lowest BCUT2D eigenvalue weighted by Gasteiger charge is -2.21. The summed E-state index contributed by atoms with van der Waals surface area (Å²) in [6, 6.07) is 9.06. The summed E-state index contributed by atoms with van der Waals surface area (Å²) < 4.78 is 28.2. The Kier molecular flexibility index (Phi) is 5.13. The average Bonchev–Trinajstić information content (AvgIpc) is 2.43. The van der Waals surface area contributed by atoms with Crippen LogP contribution in [0.3, 0.4) is 0 Å². The summed E-state index contributed by atoms with van der Waals surface area (Å²) in [6.07, 6.45) is 0. The number of rotatable bonds is 4. The Labute approximate surface area is 130 Å². The molecule has 2 aromatic carbocycles. The molecule has 0 bridgehead atoms. The summed E-state index contributed by atoms with van der Waals surface area (Å²) in [5.74, 6) is -0.888.